The highest BCUT2D eigenvalue weighted by atomic mass is 16.4. The summed E-state index contributed by atoms with van der Waals surface area (Å²) in [6.45, 7) is 4.50. The molecule has 18 heavy (non-hydrogen) atoms. The van der Waals surface area contributed by atoms with Crippen molar-refractivity contribution in [3.63, 3.8) is 0 Å². The molecule has 0 aromatic carbocycles. The number of carbonyl (C=O) groups is 2. The maximum atomic E-state index is 11.9. The van der Waals surface area contributed by atoms with E-state index in [2.05, 4.69) is 6.92 Å². The molecular formula is C13H24N2O3. The number of nitrogens with zero attached hydrogens (tertiary/aromatic N) is 2. The fourth-order valence-corrected chi connectivity index (χ4v) is 2.21. The predicted octanol–water partition coefficient (Wildman–Crippen LogP) is 1.04. The van der Waals surface area contributed by atoms with Gasteiger partial charge in [-0.15, -0.1) is 0 Å². The van der Waals surface area contributed by atoms with Gasteiger partial charge in [-0.1, -0.05) is 19.8 Å². The molecule has 1 atom stereocenters. The van der Waals surface area contributed by atoms with Crippen molar-refractivity contribution in [2.75, 3.05) is 33.2 Å². The molecule has 5 nitrogen and oxygen atoms in total. The Morgan fingerprint density at radius 2 is 2.11 bits per heavy atom. The smallest absolute Gasteiger partial charge is 0.307 e. The van der Waals surface area contributed by atoms with E-state index in [1.54, 1.807) is 4.90 Å². The molecule has 1 rings (SSSR count). The number of carbonyl (C=O) groups excluding carboxylic acids is 1. The molecule has 1 amide bonds. The first kappa shape index (κ1) is 15.0. The van der Waals surface area contributed by atoms with Crippen molar-refractivity contribution < 1.29 is 14.7 Å². The minimum atomic E-state index is -0.749. The summed E-state index contributed by atoms with van der Waals surface area (Å²) in [7, 11) is 1.82. The molecule has 0 spiro atoms. The number of rotatable bonds is 7. The Balaban J connectivity index is 2.26. The highest BCUT2D eigenvalue weighted by Crippen LogP contribution is 2.16. The van der Waals surface area contributed by atoms with Crippen molar-refractivity contribution in [2.45, 2.75) is 32.6 Å². The molecule has 0 aromatic heterocycles. The summed E-state index contributed by atoms with van der Waals surface area (Å²) < 4.78 is 0. The number of likely N-dealkylation sites (N-methyl/N-ethyl adjacent to an activating group) is 1. The number of amides is 1. The minimum Gasteiger partial charge on any atom is -0.481 e. The fourth-order valence-electron chi connectivity index (χ4n) is 2.21. The Labute approximate surface area is 109 Å². The summed E-state index contributed by atoms with van der Waals surface area (Å²) in [5.74, 6) is -0.957. The molecule has 1 aliphatic heterocycles. The minimum absolute atomic E-state index is 0.0946. The van der Waals surface area contributed by atoms with Crippen molar-refractivity contribution in [3.8, 4) is 0 Å². The summed E-state index contributed by atoms with van der Waals surface area (Å²) in [6.07, 6.45) is 3.98. The number of hydrogen-bond donors (Lipinski definition) is 1. The molecule has 1 heterocycles. The first-order valence-electron chi connectivity index (χ1n) is 6.73. The Morgan fingerprint density at radius 3 is 2.67 bits per heavy atom. The zero-order valence-corrected chi connectivity index (χ0v) is 11.4. The average molecular weight is 256 g/mol. The van der Waals surface area contributed by atoms with Gasteiger partial charge < -0.3 is 10.0 Å². The number of likely N-dealkylation sites (tertiary alicyclic amines) is 1. The molecule has 0 aromatic rings. The van der Waals surface area contributed by atoms with Gasteiger partial charge in [-0.25, -0.2) is 0 Å². The highest BCUT2D eigenvalue weighted by molar-refractivity contribution is 5.78. The normalized spacial score (nSPS) is 20.0. The summed E-state index contributed by atoms with van der Waals surface area (Å²) in [5, 5.41) is 8.90. The van der Waals surface area contributed by atoms with Gasteiger partial charge in [-0.05, 0) is 19.4 Å². The van der Waals surface area contributed by atoms with Crippen LogP contribution in [0.4, 0.5) is 0 Å². The van der Waals surface area contributed by atoms with Crippen LogP contribution in [0.3, 0.4) is 0 Å². The van der Waals surface area contributed by atoms with Crippen molar-refractivity contribution >= 4 is 11.9 Å². The van der Waals surface area contributed by atoms with Gasteiger partial charge in [0.1, 0.15) is 0 Å². The number of carboxylic acids is 1. The molecule has 0 bridgehead atoms. The second-order valence-corrected chi connectivity index (χ2v) is 5.08. The third-order valence-corrected chi connectivity index (χ3v) is 3.50. The molecule has 1 aliphatic rings. The first-order chi connectivity index (χ1) is 8.54. The lowest BCUT2D eigenvalue weighted by Gasteiger charge is -2.21. The molecule has 1 unspecified atom stereocenters. The Bertz CT molecular complexity index is 294. The Kier molecular flexibility index (Phi) is 6.12. The van der Waals surface area contributed by atoms with Gasteiger partial charge in [-0.3, -0.25) is 14.5 Å². The van der Waals surface area contributed by atoms with Gasteiger partial charge in [0.15, 0.2) is 0 Å². The zero-order valence-electron chi connectivity index (χ0n) is 11.4. The van der Waals surface area contributed by atoms with Crippen LogP contribution in [-0.4, -0.2) is 60.0 Å². The highest BCUT2D eigenvalue weighted by Gasteiger charge is 2.29. The molecule has 104 valence electrons. The fraction of sp³-hybridized carbons (Fsp3) is 0.846. The summed E-state index contributed by atoms with van der Waals surface area (Å²) >= 11 is 0. The van der Waals surface area contributed by atoms with E-state index >= 15 is 0 Å². The molecule has 0 aliphatic carbocycles. The van der Waals surface area contributed by atoms with Crippen LogP contribution < -0.4 is 0 Å². The maximum absolute atomic E-state index is 11.9. The monoisotopic (exact) mass is 256 g/mol. The zero-order chi connectivity index (χ0) is 13.5. The van der Waals surface area contributed by atoms with Crippen molar-refractivity contribution in [1.29, 1.82) is 0 Å². The van der Waals surface area contributed by atoms with E-state index in [1.807, 2.05) is 11.9 Å². The number of aliphatic carboxylic acids is 1. The molecule has 0 saturated carbocycles. The quantitative estimate of drug-likeness (QED) is 0.691. The Hall–Kier alpha value is -1.10. The molecule has 1 fully saturated rings. The summed E-state index contributed by atoms with van der Waals surface area (Å²) in [6, 6.07) is 0. The van der Waals surface area contributed by atoms with Crippen LogP contribution in [0.15, 0.2) is 0 Å². The van der Waals surface area contributed by atoms with Crippen molar-refractivity contribution in [2.24, 2.45) is 5.92 Å². The molecular weight excluding hydrogens is 232 g/mol. The van der Waals surface area contributed by atoms with E-state index in [-0.39, 0.29) is 11.8 Å². The van der Waals surface area contributed by atoms with E-state index < -0.39 is 5.97 Å². The second-order valence-electron chi connectivity index (χ2n) is 5.08. The molecule has 1 N–H and O–H groups in total. The van der Waals surface area contributed by atoms with Crippen LogP contribution in [0.1, 0.15) is 32.6 Å². The van der Waals surface area contributed by atoms with Crippen molar-refractivity contribution in [3.05, 3.63) is 0 Å². The summed E-state index contributed by atoms with van der Waals surface area (Å²) in [4.78, 5) is 26.4. The maximum Gasteiger partial charge on any atom is 0.307 e. The van der Waals surface area contributed by atoms with Crippen LogP contribution in [0.25, 0.3) is 0 Å². The van der Waals surface area contributed by atoms with Crippen LogP contribution in [0.5, 0.6) is 0 Å². The van der Waals surface area contributed by atoms with E-state index in [0.29, 0.717) is 26.1 Å². The molecule has 0 radical (unpaired) electrons. The molecule has 1 saturated heterocycles. The number of carboxylic acid groups (broad SMARTS) is 1. The van der Waals surface area contributed by atoms with E-state index in [1.165, 1.54) is 0 Å². The van der Waals surface area contributed by atoms with Crippen LogP contribution in [0.2, 0.25) is 0 Å². The SMILES string of the molecule is CCCCCN(C)C(=O)CN1CCC(C(=O)O)C1. The predicted molar refractivity (Wildman–Crippen MR) is 69.3 cm³/mol. The van der Waals surface area contributed by atoms with E-state index in [4.69, 9.17) is 5.11 Å². The standard InChI is InChI=1S/C13H24N2O3/c1-3-4-5-7-14(2)12(16)10-15-8-6-11(9-15)13(17)18/h11H,3-10H2,1-2H3,(H,17,18). The first-order valence-corrected chi connectivity index (χ1v) is 6.73. The third kappa shape index (κ3) is 4.64. The van der Waals surface area contributed by atoms with E-state index in [9.17, 15) is 9.59 Å². The van der Waals surface area contributed by atoms with Gasteiger partial charge >= 0.3 is 5.97 Å². The van der Waals surface area contributed by atoms with Crippen LogP contribution in [-0.2, 0) is 9.59 Å². The van der Waals surface area contributed by atoms with Gasteiger partial charge in [0.05, 0.1) is 12.5 Å². The van der Waals surface area contributed by atoms with E-state index in [0.717, 1.165) is 25.8 Å². The third-order valence-electron chi connectivity index (χ3n) is 3.50. The van der Waals surface area contributed by atoms with Crippen molar-refractivity contribution in [1.82, 2.24) is 9.80 Å². The van der Waals surface area contributed by atoms with Crippen LogP contribution >= 0.6 is 0 Å². The largest absolute Gasteiger partial charge is 0.481 e. The van der Waals surface area contributed by atoms with Gasteiger partial charge in [-0.2, -0.15) is 0 Å². The average Bonchev–Trinajstić information content (AvgIpc) is 2.77. The summed E-state index contributed by atoms with van der Waals surface area (Å²) in [5.41, 5.74) is 0. The topological polar surface area (TPSA) is 60.9 Å². The number of unbranched alkanes of at least 4 members (excludes halogenated alkanes) is 2. The lowest BCUT2D eigenvalue weighted by Crippen LogP contribution is -2.38. The number of hydrogen-bond acceptors (Lipinski definition) is 3. The molecule has 5 heteroatoms. The van der Waals surface area contributed by atoms with Gasteiger partial charge in [0.2, 0.25) is 5.91 Å². The van der Waals surface area contributed by atoms with Gasteiger partial charge in [0.25, 0.3) is 0 Å². The Morgan fingerprint density at radius 1 is 1.39 bits per heavy atom. The second kappa shape index (κ2) is 7.36. The lowest BCUT2D eigenvalue weighted by molar-refractivity contribution is -0.141. The van der Waals surface area contributed by atoms with Gasteiger partial charge in [0, 0.05) is 20.1 Å². The lowest BCUT2D eigenvalue weighted by atomic mass is 10.1. The van der Waals surface area contributed by atoms with Crippen LogP contribution in [0, 0.1) is 5.92 Å².